The summed E-state index contributed by atoms with van der Waals surface area (Å²) in [5.74, 6) is 0.957. The minimum absolute atomic E-state index is 0.104. The van der Waals surface area contributed by atoms with E-state index < -0.39 is 20.8 Å². The minimum Gasteiger partial charge on any atom is -0.337 e. The van der Waals surface area contributed by atoms with Gasteiger partial charge in [-0.25, -0.2) is 8.42 Å². The third-order valence-electron chi connectivity index (χ3n) is 4.99. The fourth-order valence-electron chi connectivity index (χ4n) is 3.31. The van der Waals surface area contributed by atoms with Crippen LogP contribution in [0.1, 0.15) is 31.2 Å². The van der Waals surface area contributed by atoms with Crippen LogP contribution in [0, 0.1) is 0 Å². The second kappa shape index (κ2) is 9.12. The topological polar surface area (TPSA) is 74.8 Å². The molecule has 1 aromatic rings. The number of carbonyl (C=O) groups excluding carboxylic acids is 1. The zero-order valence-electron chi connectivity index (χ0n) is 15.4. The van der Waals surface area contributed by atoms with Crippen LogP contribution in [0.5, 0.6) is 0 Å². The van der Waals surface area contributed by atoms with Crippen LogP contribution in [0.3, 0.4) is 0 Å². The first-order chi connectivity index (χ1) is 13.0. The Morgan fingerprint density at radius 3 is 2.11 bits per heavy atom. The third-order valence-corrected chi connectivity index (χ3v) is 8.18. The molecule has 0 aliphatic carbocycles. The van der Waals surface area contributed by atoms with Gasteiger partial charge >= 0.3 is 0 Å². The maximum Gasteiger partial charge on any atom is 0.246 e. The molecule has 8 heteroatoms. The van der Waals surface area contributed by atoms with Crippen LogP contribution in [-0.2, 0) is 25.6 Å². The van der Waals surface area contributed by atoms with E-state index in [4.69, 9.17) is 0 Å². The fraction of sp³-hybridized carbons (Fsp3) is 0.526. The molecule has 0 radical (unpaired) electrons. The lowest BCUT2D eigenvalue weighted by molar-refractivity contribution is -0.125. The van der Waals surface area contributed by atoms with E-state index in [0.29, 0.717) is 42.6 Å². The van der Waals surface area contributed by atoms with Gasteiger partial charge in [0.05, 0.1) is 4.90 Å². The van der Waals surface area contributed by atoms with Gasteiger partial charge in [-0.1, -0.05) is 25.0 Å². The molecule has 27 heavy (non-hydrogen) atoms. The van der Waals surface area contributed by atoms with E-state index in [1.807, 2.05) is 0 Å². The highest BCUT2D eigenvalue weighted by molar-refractivity contribution is 7.89. The van der Waals surface area contributed by atoms with Crippen molar-refractivity contribution in [2.24, 2.45) is 0 Å². The Hall–Kier alpha value is -1.51. The Balaban J connectivity index is 1.64. The highest BCUT2D eigenvalue weighted by atomic mass is 32.2. The SMILES string of the molecule is O=C(/C=C/c1ccc(S(=O)(=O)N2CCCCCC2)cc1)N1CCS(=O)CC1. The summed E-state index contributed by atoms with van der Waals surface area (Å²) < 4.78 is 38.5. The second-order valence-corrected chi connectivity index (χ2v) is 10.5. The molecule has 2 aliphatic heterocycles. The van der Waals surface area contributed by atoms with Crippen molar-refractivity contribution in [1.82, 2.24) is 9.21 Å². The summed E-state index contributed by atoms with van der Waals surface area (Å²) in [6.07, 6.45) is 7.16. The number of hydrogen-bond donors (Lipinski definition) is 0. The number of sulfonamides is 1. The van der Waals surface area contributed by atoms with Gasteiger partial charge < -0.3 is 4.90 Å². The molecule has 148 valence electrons. The summed E-state index contributed by atoms with van der Waals surface area (Å²) in [6.45, 7) is 2.20. The zero-order valence-corrected chi connectivity index (χ0v) is 17.0. The van der Waals surface area contributed by atoms with Gasteiger partial charge in [0.2, 0.25) is 15.9 Å². The second-order valence-electron chi connectivity index (χ2n) is 6.89. The molecule has 0 unspecified atom stereocenters. The average Bonchev–Trinajstić information content (AvgIpc) is 2.97. The van der Waals surface area contributed by atoms with Crippen LogP contribution >= 0.6 is 0 Å². The lowest BCUT2D eigenvalue weighted by atomic mass is 10.2. The van der Waals surface area contributed by atoms with Crippen LogP contribution < -0.4 is 0 Å². The zero-order chi connectivity index (χ0) is 19.3. The van der Waals surface area contributed by atoms with Crippen molar-refractivity contribution >= 4 is 32.8 Å². The van der Waals surface area contributed by atoms with Crippen LogP contribution in [0.25, 0.3) is 6.08 Å². The van der Waals surface area contributed by atoms with Crippen LogP contribution in [-0.4, -0.2) is 65.4 Å². The largest absolute Gasteiger partial charge is 0.337 e. The van der Waals surface area contributed by atoms with Gasteiger partial charge in [-0.15, -0.1) is 0 Å². The van der Waals surface area contributed by atoms with Crippen LogP contribution in [0.4, 0.5) is 0 Å². The Morgan fingerprint density at radius 2 is 1.52 bits per heavy atom. The quantitative estimate of drug-likeness (QED) is 0.710. The van der Waals surface area contributed by atoms with Gasteiger partial charge in [-0.05, 0) is 36.6 Å². The first-order valence-electron chi connectivity index (χ1n) is 9.39. The van der Waals surface area contributed by atoms with Gasteiger partial charge in [0.1, 0.15) is 0 Å². The van der Waals surface area contributed by atoms with E-state index in [0.717, 1.165) is 31.2 Å². The lowest BCUT2D eigenvalue weighted by Crippen LogP contribution is -2.40. The maximum absolute atomic E-state index is 12.8. The summed E-state index contributed by atoms with van der Waals surface area (Å²) in [6, 6.07) is 6.66. The lowest BCUT2D eigenvalue weighted by Gasteiger charge is -2.25. The predicted molar refractivity (Wildman–Crippen MR) is 107 cm³/mol. The van der Waals surface area contributed by atoms with Crippen molar-refractivity contribution in [3.8, 4) is 0 Å². The number of amides is 1. The molecule has 2 aliphatic rings. The fourth-order valence-corrected chi connectivity index (χ4v) is 5.88. The monoisotopic (exact) mass is 410 g/mol. The summed E-state index contributed by atoms with van der Waals surface area (Å²) in [5, 5.41) is 0. The molecule has 1 amide bonds. The summed E-state index contributed by atoms with van der Waals surface area (Å²) >= 11 is 0. The smallest absolute Gasteiger partial charge is 0.246 e. The van der Waals surface area contributed by atoms with Gasteiger partial charge in [0.15, 0.2) is 0 Å². The van der Waals surface area contributed by atoms with Gasteiger partial charge in [-0.2, -0.15) is 4.31 Å². The molecule has 0 bridgehead atoms. The molecule has 0 aromatic heterocycles. The number of hydrogen-bond acceptors (Lipinski definition) is 4. The predicted octanol–water partition coefficient (Wildman–Crippen LogP) is 1.86. The number of benzene rings is 1. The molecule has 0 saturated carbocycles. The number of carbonyl (C=O) groups is 1. The molecule has 2 saturated heterocycles. The summed E-state index contributed by atoms with van der Waals surface area (Å²) in [7, 11) is -4.26. The third kappa shape index (κ3) is 5.27. The normalized spacial score (nSPS) is 20.7. The molecule has 3 rings (SSSR count). The molecule has 2 fully saturated rings. The first kappa shape index (κ1) is 20.2. The van der Waals surface area contributed by atoms with E-state index >= 15 is 0 Å². The van der Waals surface area contributed by atoms with Crippen molar-refractivity contribution < 1.29 is 17.4 Å². The average molecular weight is 411 g/mol. The first-order valence-corrected chi connectivity index (χ1v) is 12.3. The van der Waals surface area contributed by atoms with Gasteiger partial charge in [0.25, 0.3) is 0 Å². The van der Waals surface area contributed by atoms with Gasteiger partial charge in [-0.3, -0.25) is 9.00 Å². The highest BCUT2D eigenvalue weighted by Crippen LogP contribution is 2.21. The van der Waals surface area contributed by atoms with Crippen LogP contribution in [0.15, 0.2) is 35.2 Å². The Labute approximate surface area is 163 Å². The molecular weight excluding hydrogens is 384 g/mol. The van der Waals surface area contributed by atoms with Crippen molar-refractivity contribution in [1.29, 1.82) is 0 Å². The molecule has 6 nitrogen and oxygen atoms in total. The summed E-state index contributed by atoms with van der Waals surface area (Å²) in [5.41, 5.74) is 0.777. The van der Waals surface area contributed by atoms with Crippen molar-refractivity contribution in [2.45, 2.75) is 30.6 Å². The van der Waals surface area contributed by atoms with E-state index in [1.54, 1.807) is 39.5 Å². The van der Waals surface area contributed by atoms with Crippen LogP contribution in [0.2, 0.25) is 0 Å². The molecule has 0 N–H and O–H groups in total. The number of nitrogens with zero attached hydrogens (tertiary/aromatic N) is 2. The Morgan fingerprint density at radius 1 is 0.926 bits per heavy atom. The van der Waals surface area contributed by atoms with E-state index in [2.05, 4.69) is 0 Å². The van der Waals surface area contributed by atoms with Gasteiger partial charge in [0, 0.05) is 54.6 Å². The standard InChI is InChI=1S/C19H26N2O4S2/c22-19(20-13-15-26(23)16-14-20)10-7-17-5-8-18(9-6-17)27(24,25)21-11-3-1-2-4-12-21/h5-10H,1-4,11-16H2/b10-7+. The van der Waals surface area contributed by atoms with E-state index in [-0.39, 0.29) is 5.91 Å². The number of rotatable bonds is 4. The Kier molecular flexibility index (Phi) is 6.83. The molecule has 1 aromatic carbocycles. The maximum atomic E-state index is 12.8. The minimum atomic E-state index is -3.45. The molecule has 2 heterocycles. The van der Waals surface area contributed by atoms with E-state index in [9.17, 15) is 17.4 Å². The molecular formula is C19H26N2O4S2. The van der Waals surface area contributed by atoms with E-state index in [1.165, 1.54) is 6.08 Å². The molecule has 0 atom stereocenters. The molecule has 0 spiro atoms. The van der Waals surface area contributed by atoms with Crippen molar-refractivity contribution in [2.75, 3.05) is 37.7 Å². The highest BCUT2D eigenvalue weighted by Gasteiger charge is 2.24. The Bertz CT molecular complexity index is 801. The van der Waals surface area contributed by atoms with Crippen molar-refractivity contribution in [3.63, 3.8) is 0 Å². The summed E-state index contributed by atoms with van der Waals surface area (Å²) in [4.78, 5) is 14.2. The van der Waals surface area contributed by atoms with Crippen molar-refractivity contribution in [3.05, 3.63) is 35.9 Å².